The molecular weight excluding hydrogens is 220 g/mol. The minimum atomic E-state index is 0.324. The highest BCUT2D eigenvalue weighted by molar-refractivity contribution is 7.01. The molecule has 2 aromatic rings. The van der Waals surface area contributed by atoms with Crippen LogP contribution in [-0.2, 0) is 0 Å². The molecule has 74 valence electrons. The molecule has 0 saturated carbocycles. The molecule has 0 fully saturated rings. The van der Waals surface area contributed by atoms with E-state index in [2.05, 4.69) is 49.4 Å². The first-order valence-corrected chi connectivity index (χ1v) is 6.85. The molecule has 0 nitrogen and oxygen atoms in total. The summed E-state index contributed by atoms with van der Waals surface area (Å²) in [4.78, 5) is 0. The lowest BCUT2D eigenvalue weighted by molar-refractivity contribution is 1.47. The Kier molecular flexibility index (Phi) is 3.24. The Morgan fingerprint density at radius 3 is 2.27 bits per heavy atom. The second-order valence-corrected chi connectivity index (χ2v) is 4.80. The Bertz CT molecular complexity index is 448. The van der Waals surface area contributed by atoms with E-state index < -0.39 is 0 Å². The summed E-state index contributed by atoms with van der Waals surface area (Å²) in [6, 6.07) is 16.8. The summed E-state index contributed by atoms with van der Waals surface area (Å²) in [5.74, 6) is 0. The van der Waals surface area contributed by atoms with Gasteiger partial charge in [0.1, 0.15) is 0 Å². The van der Waals surface area contributed by atoms with Gasteiger partial charge in [0.25, 0.3) is 0 Å². The van der Waals surface area contributed by atoms with Crippen molar-refractivity contribution in [2.24, 2.45) is 0 Å². The third-order valence-electron chi connectivity index (χ3n) is 2.39. The third-order valence-corrected chi connectivity index (χ3v) is 3.64. The van der Waals surface area contributed by atoms with Crippen LogP contribution < -0.4 is 5.19 Å². The summed E-state index contributed by atoms with van der Waals surface area (Å²) in [6.45, 7) is 2.10. The molecular formula is C13H11ClSi. The summed E-state index contributed by atoms with van der Waals surface area (Å²) in [6.07, 6.45) is 0. The molecule has 0 N–H and O–H groups in total. The normalized spacial score (nSPS) is 10.3. The van der Waals surface area contributed by atoms with E-state index in [1.165, 1.54) is 21.9 Å². The zero-order valence-corrected chi connectivity index (χ0v) is 10.3. The van der Waals surface area contributed by atoms with Crippen molar-refractivity contribution < 1.29 is 0 Å². The molecule has 2 rings (SSSR count). The van der Waals surface area contributed by atoms with Gasteiger partial charge < -0.3 is 0 Å². The summed E-state index contributed by atoms with van der Waals surface area (Å²) in [5.41, 5.74) is 3.76. The average Bonchev–Trinajstić information content (AvgIpc) is 2.30. The van der Waals surface area contributed by atoms with Crippen molar-refractivity contribution in [3.63, 3.8) is 0 Å². The predicted octanol–water partition coefficient (Wildman–Crippen LogP) is 3.15. The Morgan fingerprint density at radius 1 is 0.933 bits per heavy atom. The van der Waals surface area contributed by atoms with E-state index in [0.29, 0.717) is 8.83 Å². The number of aryl methyl sites for hydroxylation is 1. The molecule has 0 aliphatic rings. The number of halogens is 1. The zero-order chi connectivity index (χ0) is 10.7. The lowest BCUT2D eigenvalue weighted by Crippen LogP contribution is -2.11. The van der Waals surface area contributed by atoms with Gasteiger partial charge in [0.15, 0.2) is 0 Å². The summed E-state index contributed by atoms with van der Waals surface area (Å²) in [7, 11) is 0.324. The molecule has 2 heteroatoms. The fourth-order valence-electron chi connectivity index (χ4n) is 1.55. The van der Waals surface area contributed by atoms with Crippen LogP contribution in [0.1, 0.15) is 5.56 Å². The van der Waals surface area contributed by atoms with Crippen molar-refractivity contribution in [1.29, 1.82) is 0 Å². The quantitative estimate of drug-likeness (QED) is 0.549. The van der Waals surface area contributed by atoms with Crippen molar-refractivity contribution in [2.45, 2.75) is 6.92 Å². The number of hydrogen-bond acceptors (Lipinski definition) is 0. The van der Waals surface area contributed by atoms with Gasteiger partial charge in [-0.3, -0.25) is 0 Å². The van der Waals surface area contributed by atoms with Crippen molar-refractivity contribution >= 4 is 25.1 Å². The predicted molar refractivity (Wildman–Crippen MR) is 67.9 cm³/mol. The van der Waals surface area contributed by atoms with E-state index in [1.807, 2.05) is 6.07 Å². The molecule has 0 aliphatic heterocycles. The first-order chi connectivity index (χ1) is 7.31. The molecule has 15 heavy (non-hydrogen) atoms. The van der Waals surface area contributed by atoms with E-state index >= 15 is 0 Å². The second kappa shape index (κ2) is 4.64. The molecule has 0 heterocycles. The van der Waals surface area contributed by atoms with Gasteiger partial charge in [-0.1, -0.05) is 54.1 Å². The van der Waals surface area contributed by atoms with Crippen LogP contribution in [0, 0.1) is 6.92 Å². The maximum absolute atomic E-state index is 5.94. The van der Waals surface area contributed by atoms with Crippen molar-refractivity contribution in [1.82, 2.24) is 0 Å². The van der Waals surface area contributed by atoms with Gasteiger partial charge in [0.2, 0.25) is 8.83 Å². The molecule has 0 aromatic heterocycles. The largest absolute Gasteiger partial charge is 0.211 e. The fraction of sp³-hybridized carbons (Fsp3) is 0.0769. The summed E-state index contributed by atoms with van der Waals surface area (Å²) in [5, 5.41) is 1.21. The summed E-state index contributed by atoms with van der Waals surface area (Å²) >= 11 is 5.94. The van der Waals surface area contributed by atoms with Gasteiger partial charge >= 0.3 is 0 Å². The van der Waals surface area contributed by atoms with Crippen LogP contribution >= 0.6 is 11.1 Å². The van der Waals surface area contributed by atoms with E-state index in [0.717, 1.165) is 0 Å². The van der Waals surface area contributed by atoms with E-state index in [-0.39, 0.29) is 0 Å². The average molecular weight is 231 g/mol. The van der Waals surface area contributed by atoms with E-state index in [4.69, 9.17) is 11.1 Å². The van der Waals surface area contributed by atoms with Crippen LogP contribution in [0.2, 0.25) is 0 Å². The molecule has 0 spiro atoms. The van der Waals surface area contributed by atoms with Crippen LogP contribution in [0.25, 0.3) is 11.1 Å². The Hall–Kier alpha value is -1.05. The van der Waals surface area contributed by atoms with E-state index in [9.17, 15) is 0 Å². The van der Waals surface area contributed by atoms with Crippen LogP contribution in [-0.4, -0.2) is 8.83 Å². The molecule has 0 amide bonds. The maximum Gasteiger partial charge on any atom is 0.211 e. The SMILES string of the molecule is Cc1ccc(-c2ccccc2[Si]Cl)cc1. The van der Waals surface area contributed by atoms with E-state index in [1.54, 1.807) is 0 Å². The Labute approximate surface area is 97.4 Å². The van der Waals surface area contributed by atoms with Gasteiger partial charge in [-0.05, 0) is 23.2 Å². The highest BCUT2D eigenvalue weighted by Gasteiger charge is 2.03. The first-order valence-electron chi connectivity index (χ1n) is 4.84. The van der Waals surface area contributed by atoms with Crippen LogP contribution in [0.15, 0.2) is 48.5 Å². The first kappa shape index (κ1) is 10.5. The molecule has 0 unspecified atom stereocenters. The monoisotopic (exact) mass is 230 g/mol. The Morgan fingerprint density at radius 2 is 1.60 bits per heavy atom. The van der Waals surface area contributed by atoms with Gasteiger partial charge in [-0.2, -0.15) is 11.1 Å². The number of rotatable bonds is 2. The van der Waals surface area contributed by atoms with Crippen molar-refractivity contribution in [3.8, 4) is 11.1 Å². The highest BCUT2D eigenvalue weighted by Crippen LogP contribution is 2.17. The standard InChI is InChI=1S/C13H11ClSi/c1-10-6-8-11(9-7-10)12-4-2-3-5-13(12)15-14/h2-9H,1H3. The molecule has 0 bridgehead atoms. The molecule has 2 radical (unpaired) electrons. The molecule has 0 aliphatic carbocycles. The fourth-order valence-corrected chi connectivity index (χ4v) is 2.53. The van der Waals surface area contributed by atoms with Gasteiger partial charge in [-0.25, -0.2) is 0 Å². The minimum absolute atomic E-state index is 0.324. The van der Waals surface area contributed by atoms with Crippen molar-refractivity contribution in [2.75, 3.05) is 0 Å². The summed E-state index contributed by atoms with van der Waals surface area (Å²) < 4.78 is 0. The third kappa shape index (κ3) is 2.30. The van der Waals surface area contributed by atoms with Crippen LogP contribution in [0.4, 0.5) is 0 Å². The molecule has 2 aromatic carbocycles. The lowest BCUT2D eigenvalue weighted by Gasteiger charge is -2.06. The van der Waals surface area contributed by atoms with Crippen LogP contribution in [0.3, 0.4) is 0 Å². The minimum Gasteiger partial charge on any atom is -0.165 e. The zero-order valence-electron chi connectivity index (χ0n) is 8.50. The maximum atomic E-state index is 5.94. The van der Waals surface area contributed by atoms with Crippen molar-refractivity contribution in [3.05, 3.63) is 54.1 Å². The molecule has 0 atom stereocenters. The molecule has 0 saturated heterocycles. The Balaban J connectivity index is 2.49. The number of benzene rings is 2. The van der Waals surface area contributed by atoms with Gasteiger partial charge in [0, 0.05) is 0 Å². The topological polar surface area (TPSA) is 0 Å². The smallest absolute Gasteiger partial charge is 0.165 e. The van der Waals surface area contributed by atoms with Crippen LogP contribution in [0.5, 0.6) is 0 Å². The van der Waals surface area contributed by atoms with Gasteiger partial charge in [-0.15, -0.1) is 0 Å². The number of hydrogen-bond donors (Lipinski definition) is 0. The highest BCUT2D eigenvalue weighted by atomic mass is 35.6. The van der Waals surface area contributed by atoms with Gasteiger partial charge in [0.05, 0.1) is 0 Å². The lowest BCUT2D eigenvalue weighted by atomic mass is 10.0. The second-order valence-electron chi connectivity index (χ2n) is 3.51.